The molecule has 0 spiro atoms. The Morgan fingerprint density at radius 3 is 2.77 bits per heavy atom. The van der Waals surface area contributed by atoms with Crippen molar-refractivity contribution < 1.29 is 9.53 Å². The molecule has 2 aliphatic rings. The summed E-state index contributed by atoms with van der Waals surface area (Å²) in [6, 6.07) is 12.8. The summed E-state index contributed by atoms with van der Waals surface area (Å²) < 4.78 is 7.41. The molecule has 1 fully saturated rings. The lowest BCUT2D eigenvalue weighted by molar-refractivity contribution is -0.136. The maximum Gasteiger partial charge on any atom is 0.224 e. The second-order valence-electron chi connectivity index (χ2n) is 7.09. The summed E-state index contributed by atoms with van der Waals surface area (Å²) in [5.41, 5.74) is 2.55. The van der Waals surface area contributed by atoms with Crippen molar-refractivity contribution in [2.75, 3.05) is 39.4 Å². The van der Waals surface area contributed by atoms with E-state index in [1.807, 2.05) is 11.1 Å². The minimum atomic E-state index is 0.111. The lowest BCUT2D eigenvalue weighted by Gasteiger charge is -2.35. The van der Waals surface area contributed by atoms with E-state index in [0.717, 1.165) is 26.1 Å². The van der Waals surface area contributed by atoms with Crippen molar-refractivity contribution in [3.63, 3.8) is 0 Å². The van der Waals surface area contributed by atoms with E-state index in [-0.39, 0.29) is 11.9 Å². The molecular weight excluding hydrogens is 328 g/mol. The third kappa shape index (κ3) is 3.97. The van der Waals surface area contributed by atoms with E-state index in [1.54, 1.807) is 0 Å². The van der Waals surface area contributed by atoms with Crippen LogP contribution in [0.4, 0.5) is 0 Å². The standard InChI is InChI=1S/C20H26N4O2/c25-20(23-10-12-26-13-11-23)14-19-16-22(15-18-6-8-21-24(18)19)9-7-17-4-2-1-3-5-17/h1-6,8,19H,7,9-16H2. The van der Waals surface area contributed by atoms with Crippen molar-refractivity contribution in [1.82, 2.24) is 19.6 Å². The Hall–Kier alpha value is -2.18. The van der Waals surface area contributed by atoms with Crippen LogP contribution < -0.4 is 0 Å². The zero-order chi connectivity index (χ0) is 17.8. The van der Waals surface area contributed by atoms with E-state index in [9.17, 15) is 4.79 Å². The maximum atomic E-state index is 12.7. The largest absolute Gasteiger partial charge is 0.378 e. The monoisotopic (exact) mass is 354 g/mol. The molecule has 1 aromatic carbocycles. The van der Waals surface area contributed by atoms with Crippen LogP contribution in [-0.2, 0) is 22.5 Å². The summed E-state index contributed by atoms with van der Waals surface area (Å²) in [6.07, 6.45) is 3.39. The topological polar surface area (TPSA) is 50.6 Å². The molecule has 2 aromatic rings. The Morgan fingerprint density at radius 2 is 1.96 bits per heavy atom. The molecule has 138 valence electrons. The van der Waals surface area contributed by atoms with Gasteiger partial charge < -0.3 is 9.64 Å². The van der Waals surface area contributed by atoms with Gasteiger partial charge in [-0.05, 0) is 18.1 Å². The summed E-state index contributed by atoms with van der Waals surface area (Å²) in [7, 11) is 0. The minimum Gasteiger partial charge on any atom is -0.378 e. The van der Waals surface area contributed by atoms with Gasteiger partial charge in [-0.25, -0.2) is 0 Å². The average molecular weight is 354 g/mol. The van der Waals surface area contributed by atoms with Crippen LogP contribution >= 0.6 is 0 Å². The third-order valence-corrected chi connectivity index (χ3v) is 5.29. The highest BCUT2D eigenvalue weighted by molar-refractivity contribution is 5.76. The Labute approximate surface area is 154 Å². The predicted octanol–water partition coefficient (Wildman–Crippen LogP) is 1.73. The molecule has 0 aliphatic carbocycles. The van der Waals surface area contributed by atoms with Crippen LogP contribution in [0.3, 0.4) is 0 Å². The van der Waals surface area contributed by atoms with Crippen molar-refractivity contribution in [2.24, 2.45) is 0 Å². The number of carbonyl (C=O) groups is 1. The van der Waals surface area contributed by atoms with E-state index >= 15 is 0 Å². The summed E-state index contributed by atoms with van der Waals surface area (Å²) in [6.45, 7) is 5.47. The molecular formula is C20H26N4O2. The van der Waals surface area contributed by atoms with E-state index in [0.29, 0.717) is 32.7 Å². The summed E-state index contributed by atoms with van der Waals surface area (Å²) >= 11 is 0. The van der Waals surface area contributed by atoms with Crippen molar-refractivity contribution in [1.29, 1.82) is 0 Å². The molecule has 0 radical (unpaired) electrons. The van der Waals surface area contributed by atoms with Gasteiger partial charge in [0, 0.05) is 38.9 Å². The van der Waals surface area contributed by atoms with Crippen LogP contribution in [0.15, 0.2) is 42.6 Å². The van der Waals surface area contributed by atoms with Crippen LogP contribution in [0.5, 0.6) is 0 Å². The molecule has 1 aromatic heterocycles. The Balaban J connectivity index is 1.40. The molecule has 0 bridgehead atoms. The third-order valence-electron chi connectivity index (χ3n) is 5.29. The van der Waals surface area contributed by atoms with E-state index in [1.165, 1.54) is 11.3 Å². The highest BCUT2D eigenvalue weighted by atomic mass is 16.5. The summed E-state index contributed by atoms with van der Waals surface area (Å²) in [4.78, 5) is 17.1. The van der Waals surface area contributed by atoms with E-state index in [2.05, 4.69) is 51.1 Å². The second-order valence-corrected chi connectivity index (χ2v) is 7.09. The number of morpholine rings is 1. The number of rotatable bonds is 5. The van der Waals surface area contributed by atoms with Gasteiger partial charge in [0.05, 0.1) is 31.4 Å². The number of aromatic nitrogens is 2. The van der Waals surface area contributed by atoms with Crippen molar-refractivity contribution in [3.05, 3.63) is 53.9 Å². The zero-order valence-corrected chi connectivity index (χ0v) is 15.1. The van der Waals surface area contributed by atoms with E-state index in [4.69, 9.17) is 4.74 Å². The SMILES string of the molecule is O=C(CC1CN(CCc2ccccc2)Cc2ccnn21)N1CCOCC1. The smallest absolute Gasteiger partial charge is 0.224 e. The fourth-order valence-electron chi connectivity index (χ4n) is 3.86. The predicted molar refractivity (Wildman–Crippen MR) is 98.7 cm³/mol. The molecule has 1 unspecified atom stereocenters. The Morgan fingerprint density at radius 1 is 1.15 bits per heavy atom. The van der Waals surface area contributed by atoms with Gasteiger partial charge in [0.25, 0.3) is 0 Å². The average Bonchev–Trinajstić information content (AvgIpc) is 3.17. The fraction of sp³-hybridized carbons (Fsp3) is 0.500. The molecule has 0 saturated carbocycles. The van der Waals surface area contributed by atoms with Crippen LogP contribution in [0.2, 0.25) is 0 Å². The van der Waals surface area contributed by atoms with Gasteiger partial charge in [-0.2, -0.15) is 5.10 Å². The normalized spacial score (nSPS) is 20.8. The lowest BCUT2D eigenvalue weighted by atomic mass is 10.1. The number of ether oxygens (including phenoxy) is 1. The van der Waals surface area contributed by atoms with Gasteiger partial charge in [-0.1, -0.05) is 30.3 Å². The first-order chi connectivity index (χ1) is 12.8. The first kappa shape index (κ1) is 17.2. The molecule has 1 saturated heterocycles. The Bertz CT molecular complexity index is 724. The van der Waals surface area contributed by atoms with E-state index < -0.39 is 0 Å². The molecule has 26 heavy (non-hydrogen) atoms. The maximum absolute atomic E-state index is 12.7. The first-order valence-corrected chi connectivity index (χ1v) is 9.44. The van der Waals surface area contributed by atoms with Gasteiger partial charge in [0.1, 0.15) is 0 Å². The van der Waals surface area contributed by atoms with Crippen molar-refractivity contribution in [3.8, 4) is 0 Å². The van der Waals surface area contributed by atoms with Crippen molar-refractivity contribution >= 4 is 5.91 Å². The van der Waals surface area contributed by atoms with Crippen LogP contribution in [0.25, 0.3) is 0 Å². The number of benzene rings is 1. The number of hydrogen-bond acceptors (Lipinski definition) is 4. The number of fused-ring (bicyclic) bond motifs is 1. The number of carbonyl (C=O) groups excluding carboxylic acids is 1. The molecule has 1 amide bonds. The van der Waals surface area contributed by atoms with Gasteiger partial charge in [0.2, 0.25) is 5.91 Å². The van der Waals surface area contributed by atoms with Crippen LogP contribution in [0.1, 0.15) is 23.7 Å². The molecule has 1 atom stereocenters. The lowest BCUT2D eigenvalue weighted by Crippen LogP contribution is -2.44. The van der Waals surface area contributed by atoms with Crippen LogP contribution in [-0.4, -0.2) is 64.9 Å². The molecule has 4 rings (SSSR count). The summed E-state index contributed by atoms with van der Waals surface area (Å²) in [5, 5.41) is 4.48. The van der Waals surface area contributed by atoms with Crippen molar-refractivity contribution in [2.45, 2.75) is 25.4 Å². The number of hydrogen-bond donors (Lipinski definition) is 0. The number of nitrogens with zero attached hydrogens (tertiary/aromatic N) is 4. The van der Waals surface area contributed by atoms with Gasteiger partial charge in [-0.3, -0.25) is 14.4 Å². The van der Waals surface area contributed by atoms with Gasteiger partial charge in [0.15, 0.2) is 0 Å². The molecule has 6 heteroatoms. The molecule has 3 heterocycles. The first-order valence-electron chi connectivity index (χ1n) is 9.44. The highest BCUT2D eigenvalue weighted by Gasteiger charge is 2.29. The molecule has 6 nitrogen and oxygen atoms in total. The molecule has 2 aliphatic heterocycles. The van der Waals surface area contributed by atoms with Gasteiger partial charge >= 0.3 is 0 Å². The fourth-order valence-corrected chi connectivity index (χ4v) is 3.86. The Kier molecular flexibility index (Phi) is 5.32. The van der Waals surface area contributed by atoms with Crippen LogP contribution in [0, 0.1) is 0 Å². The quantitative estimate of drug-likeness (QED) is 0.821. The highest BCUT2D eigenvalue weighted by Crippen LogP contribution is 2.24. The second kappa shape index (κ2) is 8.01. The molecule has 0 N–H and O–H groups in total. The number of amides is 1. The van der Waals surface area contributed by atoms with Gasteiger partial charge in [-0.15, -0.1) is 0 Å². The minimum absolute atomic E-state index is 0.111. The zero-order valence-electron chi connectivity index (χ0n) is 15.1. The summed E-state index contributed by atoms with van der Waals surface area (Å²) in [5.74, 6) is 0.213.